The third-order valence-electron chi connectivity index (χ3n) is 4.13. The van der Waals surface area contributed by atoms with Crippen molar-refractivity contribution in [3.05, 3.63) is 41.5 Å². The van der Waals surface area contributed by atoms with E-state index in [4.69, 9.17) is 10.3 Å². The summed E-state index contributed by atoms with van der Waals surface area (Å²) in [6.45, 7) is 3.56. The fraction of sp³-hybridized carbons (Fsp3) is 0.412. The molecule has 0 saturated heterocycles. The van der Waals surface area contributed by atoms with Gasteiger partial charge >= 0.3 is 0 Å². The van der Waals surface area contributed by atoms with Crippen LogP contribution in [0.4, 0.5) is 0 Å². The molecule has 0 amide bonds. The van der Waals surface area contributed by atoms with Crippen LogP contribution in [0.15, 0.2) is 33.7 Å². The van der Waals surface area contributed by atoms with Crippen molar-refractivity contribution in [2.45, 2.75) is 49.6 Å². The summed E-state index contributed by atoms with van der Waals surface area (Å²) in [6, 6.07) is 6.41. The summed E-state index contributed by atoms with van der Waals surface area (Å²) >= 11 is 0. The first-order valence-electron chi connectivity index (χ1n) is 8.22. The predicted molar refractivity (Wildman–Crippen MR) is 94.8 cm³/mol. The molecule has 25 heavy (non-hydrogen) atoms. The second-order valence-electron chi connectivity index (χ2n) is 6.64. The Morgan fingerprint density at radius 1 is 1.24 bits per heavy atom. The highest BCUT2D eigenvalue weighted by atomic mass is 32.2. The summed E-state index contributed by atoms with van der Waals surface area (Å²) in [5.41, 5.74) is 6.54. The minimum absolute atomic E-state index is 0.155. The summed E-state index contributed by atoms with van der Waals surface area (Å²) in [6.07, 6.45) is 6.30. The average Bonchev–Trinajstić information content (AvgIpc) is 2.99. The molecule has 134 valence electrons. The number of nitrogens with one attached hydrogen (secondary N) is 1. The Balaban J connectivity index is 1.70. The van der Waals surface area contributed by atoms with Crippen molar-refractivity contribution in [1.29, 1.82) is 0 Å². The molecule has 0 atom stereocenters. The Kier molecular flexibility index (Phi) is 4.77. The summed E-state index contributed by atoms with van der Waals surface area (Å²) in [5, 5.41) is 3.95. The molecular weight excluding hydrogens is 340 g/mol. The van der Waals surface area contributed by atoms with E-state index in [0.29, 0.717) is 11.7 Å². The Morgan fingerprint density at radius 2 is 1.92 bits per heavy atom. The fourth-order valence-electron chi connectivity index (χ4n) is 2.59. The number of hydrogen-bond donors (Lipinski definition) is 2. The smallest absolute Gasteiger partial charge is 0.250 e. The van der Waals surface area contributed by atoms with E-state index < -0.39 is 15.6 Å². The molecule has 0 unspecified atom stereocenters. The molecule has 1 aliphatic rings. The Morgan fingerprint density at radius 3 is 2.48 bits per heavy atom. The molecule has 0 spiro atoms. The van der Waals surface area contributed by atoms with Gasteiger partial charge in [0.2, 0.25) is 10.0 Å². The highest BCUT2D eigenvalue weighted by molar-refractivity contribution is 7.89. The minimum Gasteiger partial charge on any atom is -0.335 e. The summed E-state index contributed by atoms with van der Waals surface area (Å²) in [4.78, 5) is 4.54. The molecule has 0 aliphatic heterocycles. The third kappa shape index (κ3) is 3.97. The first-order valence-corrected chi connectivity index (χ1v) is 9.70. The first-order chi connectivity index (χ1) is 11.8. The topological polar surface area (TPSA) is 111 Å². The summed E-state index contributed by atoms with van der Waals surface area (Å²) in [7, 11) is -3.48. The Hall–Kier alpha value is -2.03. The molecule has 0 bridgehead atoms. The molecule has 1 fully saturated rings. The standard InChI is InChI=1S/C17H22N4O3S/c1-12(2)21-25(22,23)14-7-4-13(5-8-14)6-9-15-19-16(20-24-15)17(18)10-3-11-17/h4-9,12,21H,3,10-11,18H2,1-2H3/b9-6+. The summed E-state index contributed by atoms with van der Waals surface area (Å²) < 4.78 is 31.9. The molecule has 1 aliphatic carbocycles. The normalized spacial score (nSPS) is 17.1. The van der Waals surface area contributed by atoms with E-state index in [1.165, 1.54) is 0 Å². The van der Waals surface area contributed by atoms with Crippen molar-refractivity contribution in [3.8, 4) is 0 Å². The van der Waals surface area contributed by atoms with E-state index >= 15 is 0 Å². The van der Waals surface area contributed by atoms with Gasteiger partial charge in [0.05, 0.1) is 10.4 Å². The van der Waals surface area contributed by atoms with Gasteiger partial charge in [-0.25, -0.2) is 13.1 Å². The van der Waals surface area contributed by atoms with Crippen LogP contribution in [0.1, 0.15) is 50.4 Å². The van der Waals surface area contributed by atoms with E-state index in [0.717, 1.165) is 24.8 Å². The van der Waals surface area contributed by atoms with Gasteiger partial charge in [0, 0.05) is 12.1 Å². The van der Waals surface area contributed by atoms with Crippen molar-refractivity contribution in [3.63, 3.8) is 0 Å². The van der Waals surface area contributed by atoms with Gasteiger partial charge in [0.1, 0.15) is 0 Å². The van der Waals surface area contributed by atoms with Gasteiger partial charge in [-0.2, -0.15) is 4.98 Å². The Bertz CT molecular complexity index is 866. The van der Waals surface area contributed by atoms with Gasteiger partial charge in [-0.15, -0.1) is 0 Å². The van der Waals surface area contributed by atoms with Gasteiger partial charge in [-0.05, 0) is 56.9 Å². The highest BCUT2D eigenvalue weighted by Gasteiger charge is 2.38. The van der Waals surface area contributed by atoms with Crippen molar-refractivity contribution in [1.82, 2.24) is 14.9 Å². The van der Waals surface area contributed by atoms with Crippen LogP contribution in [-0.2, 0) is 15.6 Å². The number of nitrogens with two attached hydrogens (primary N) is 1. The second kappa shape index (κ2) is 6.70. The highest BCUT2D eigenvalue weighted by Crippen LogP contribution is 2.36. The zero-order valence-electron chi connectivity index (χ0n) is 14.3. The van der Waals surface area contributed by atoms with Crippen LogP contribution in [0, 0.1) is 0 Å². The molecule has 7 nitrogen and oxygen atoms in total. The molecule has 1 aromatic heterocycles. The second-order valence-corrected chi connectivity index (χ2v) is 8.36. The lowest BCUT2D eigenvalue weighted by Gasteiger charge is -2.34. The van der Waals surface area contributed by atoms with Crippen LogP contribution in [0.25, 0.3) is 12.2 Å². The molecule has 2 aromatic rings. The van der Waals surface area contributed by atoms with Crippen molar-refractivity contribution >= 4 is 22.2 Å². The summed E-state index contributed by atoms with van der Waals surface area (Å²) in [5.74, 6) is 0.921. The van der Waals surface area contributed by atoms with E-state index in [1.54, 1.807) is 50.3 Å². The number of hydrogen-bond acceptors (Lipinski definition) is 6. The zero-order chi connectivity index (χ0) is 18.1. The van der Waals surface area contributed by atoms with Crippen LogP contribution < -0.4 is 10.5 Å². The van der Waals surface area contributed by atoms with Crippen LogP contribution >= 0.6 is 0 Å². The van der Waals surface area contributed by atoms with E-state index in [9.17, 15) is 8.42 Å². The number of nitrogens with zero attached hydrogens (tertiary/aromatic N) is 2. The maximum absolute atomic E-state index is 12.1. The first kappa shape index (κ1) is 17.8. The van der Waals surface area contributed by atoms with Crippen LogP contribution in [-0.4, -0.2) is 24.6 Å². The van der Waals surface area contributed by atoms with Gasteiger partial charge in [-0.3, -0.25) is 0 Å². The van der Waals surface area contributed by atoms with Crippen molar-refractivity contribution in [2.75, 3.05) is 0 Å². The average molecular weight is 362 g/mol. The molecule has 1 heterocycles. The van der Waals surface area contributed by atoms with Gasteiger partial charge in [0.25, 0.3) is 5.89 Å². The predicted octanol–water partition coefficient (Wildman–Crippen LogP) is 2.26. The van der Waals surface area contributed by atoms with E-state index in [-0.39, 0.29) is 10.9 Å². The van der Waals surface area contributed by atoms with Gasteiger partial charge < -0.3 is 10.3 Å². The molecule has 8 heteroatoms. The van der Waals surface area contributed by atoms with Crippen molar-refractivity contribution in [2.24, 2.45) is 5.73 Å². The zero-order valence-corrected chi connectivity index (χ0v) is 15.1. The number of sulfonamides is 1. The van der Waals surface area contributed by atoms with E-state index in [1.807, 2.05) is 0 Å². The number of aromatic nitrogens is 2. The lowest BCUT2D eigenvalue weighted by Crippen LogP contribution is -2.44. The quantitative estimate of drug-likeness (QED) is 0.815. The van der Waals surface area contributed by atoms with Gasteiger partial charge in [0.15, 0.2) is 5.82 Å². The fourth-order valence-corrected chi connectivity index (χ4v) is 3.84. The van der Waals surface area contributed by atoms with E-state index in [2.05, 4.69) is 14.9 Å². The molecule has 3 N–H and O–H groups in total. The Labute approximate surface area is 147 Å². The maximum atomic E-state index is 12.1. The molecule has 3 rings (SSSR count). The number of rotatable bonds is 6. The third-order valence-corrected chi connectivity index (χ3v) is 5.81. The largest absolute Gasteiger partial charge is 0.335 e. The van der Waals surface area contributed by atoms with Crippen LogP contribution in [0.3, 0.4) is 0 Å². The molecule has 1 saturated carbocycles. The maximum Gasteiger partial charge on any atom is 0.250 e. The lowest BCUT2D eigenvalue weighted by atomic mass is 9.77. The molecular formula is C17H22N4O3S. The molecule has 1 aromatic carbocycles. The number of benzene rings is 1. The van der Waals surface area contributed by atoms with Crippen molar-refractivity contribution < 1.29 is 12.9 Å². The monoisotopic (exact) mass is 362 g/mol. The van der Waals surface area contributed by atoms with Crippen LogP contribution in [0.2, 0.25) is 0 Å². The lowest BCUT2D eigenvalue weighted by molar-refractivity contribution is 0.229. The minimum atomic E-state index is -3.48. The van der Waals surface area contributed by atoms with Gasteiger partial charge in [-0.1, -0.05) is 17.3 Å². The molecule has 0 radical (unpaired) electrons. The SMILES string of the molecule is CC(C)NS(=O)(=O)c1ccc(/C=C/c2nc(C3(N)CCC3)no2)cc1. The van der Waals surface area contributed by atoms with Crippen LogP contribution in [0.5, 0.6) is 0 Å².